The standard InChI is InChI=1S/C27H32F5N7O2/c1-15(2)39-21(7-9-34-39)25(41)36-23(16-4-3-8-26(28,29)12-16)20-14-38-22(35-20)6-5-19(37-38)11-17-10-18(27(30,31)32)13-33-24(17)40/h5-7,9,14-18,23H,3-4,8,10-13H2,1-2H3,(H,33,40)(H,36,41)/t16-,17?,18+,23?/m0/s1. The van der Waals surface area contributed by atoms with Crippen LogP contribution in [0.15, 0.2) is 30.6 Å². The maximum absolute atomic E-state index is 14.5. The van der Waals surface area contributed by atoms with E-state index in [4.69, 9.17) is 0 Å². The lowest BCUT2D eigenvalue weighted by Gasteiger charge is -2.34. The number of piperidine rings is 1. The number of aromatic nitrogens is 5. The number of alkyl halides is 5. The number of rotatable bonds is 7. The second kappa shape index (κ2) is 11.0. The molecule has 2 amide bonds. The maximum Gasteiger partial charge on any atom is 0.393 e. The van der Waals surface area contributed by atoms with Crippen molar-refractivity contribution in [3.05, 3.63) is 47.7 Å². The van der Waals surface area contributed by atoms with Gasteiger partial charge in [0.15, 0.2) is 5.65 Å². The van der Waals surface area contributed by atoms with Gasteiger partial charge in [0.25, 0.3) is 5.91 Å². The molecular formula is C27H32F5N7O2. The van der Waals surface area contributed by atoms with E-state index in [-0.39, 0.29) is 25.3 Å². The van der Waals surface area contributed by atoms with Crippen LogP contribution in [-0.2, 0) is 11.2 Å². The molecule has 41 heavy (non-hydrogen) atoms. The van der Waals surface area contributed by atoms with E-state index < -0.39 is 60.7 Å². The Hall–Kier alpha value is -3.58. The number of carbonyl (C=O) groups excluding carboxylic acids is 2. The molecule has 2 fully saturated rings. The largest absolute Gasteiger partial charge is 0.393 e. The number of imidazole rings is 1. The Morgan fingerprint density at radius 1 is 1.24 bits per heavy atom. The molecule has 3 aromatic heterocycles. The molecular weight excluding hydrogens is 549 g/mol. The molecule has 0 spiro atoms. The monoisotopic (exact) mass is 581 g/mol. The van der Waals surface area contributed by atoms with Crippen molar-refractivity contribution in [1.29, 1.82) is 0 Å². The summed E-state index contributed by atoms with van der Waals surface area (Å²) in [6.45, 7) is 3.30. The quantitative estimate of drug-likeness (QED) is 0.395. The normalized spacial score (nSPS) is 23.9. The van der Waals surface area contributed by atoms with Crippen molar-refractivity contribution in [1.82, 2.24) is 35.0 Å². The van der Waals surface area contributed by atoms with Gasteiger partial charge in [0.2, 0.25) is 11.8 Å². The summed E-state index contributed by atoms with van der Waals surface area (Å²) in [7, 11) is 0. The molecule has 4 atom stereocenters. The predicted molar refractivity (Wildman–Crippen MR) is 137 cm³/mol. The Kier molecular flexibility index (Phi) is 7.77. The SMILES string of the molecule is CC(C)n1nccc1C(=O)NC(c1cn2nc(CC3C[C@@H](C(F)(F)F)CNC3=O)ccc2n1)[C@H]1CCCC(F)(F)C1. The van der Waals surface area contributed by atoms with Crippen LogP contribution in [0.4, 0.5) is 22.0 Å². The highest BCUT2D eigenvalue weighted by Crippen LogP contribution is 2.42. The van der Waals surface area contributed by atoms with Crippen molar-refractivity contribution in [2.75, 3.05) is 6.54 Å². The van der Waals surface area contributed by atoms with E-state index in [1.54, 1.807) is 22.9 Å². The van der Waals surface area contributed by atoms with Gasteiger partial charge in [0.05, 0.1) is 29.5 Å². The molecule has 3 aromatic rings. The van der Waals surface area contributed by atoms with Crippen LogP contribution >= 0.6 is 0 Å². The number of amides is 2. The topological polar surface area (TPSA) is 106 Å². The van der Waals surface area contributed by atoms with Crippen molar-refractivity contribution < 1.29 is 31.5 Å². The highest BCUT2D eigenvalue weighted by Gasteiger charge is 2.45. The van der Waals surface area contributed by atoms with Gasteiger partial charge in [0.1, 0.15) is 5.69 Å². The summed E-state index contributed by atoms with van der Waals surface area (Å²) < 4.78 is 71.6. The van der Waals surface area contributed by atoms with Crippen LogP contribution in [0.5, 0.6) is 0 Å². The number of carbonyl (C=O) groups is 2. The zero-order chi connectivity index (χ0) is 29.5. The van der Waals surface area contributed by atoms with E-state index in [2.05, 4.69) is 25.8 Å². The minimum Gasteiger partial charge on any atom is -0.355 e. The van der Waals surface area contributed by atoms with Crippen molar-refractivity contribution in [2.45, 2.75) is 76.6 Å². The van der Waals surface area contributed by atoms with Gasteiger partial charge in [0, 0.05) is 44.0 Å². The van der Waals surface area contributed by atoms with Gasteiger partial charge in [-0.2, -0.15) is 23.4 Å². The molecule has 2 aliphatic rings. The number of hydrogen-bond donors (Lipinski definition) is 2. The predicted octanol–water partition coefficient (Wildman–Crippen LogP) is 4.66. The number of nitrogens with one attached hydrogen (secondary N) is 2. The number of fused-ring (bicyclic) bond motifs is 1. The molecule has 0 radical (unpaired) electrons. The van der Waals surface area contributed by atoms with E-state index in [0.29, 0.717) is 35.6 Å². The highest BCUT2D eigenvalue weighted by molar-refractivity contribution is 5.92. The summed E-state index contributed by atoms with van der Waals surface area (Å²) in [5.41, 5.74) is 1.39. The molecule has 0 bridgehead atoms. The lowest BCUT2D eigenvalue weighted by Crippen LogP contribution is -2.47. The summed E-state index contributed by atoms with van der Waals surface area (Å²) in [6.07, 6.45) is -1.58. The van der Waals surface area contributed by atoms with Gasteiger partial charge >= 0.3 is 6.18 Å². The lowest BCUT2D eigenvalue weighted by molar-refractivity contribution is -0.183. The first kappa shape index (κ1) is 28.9. The van der Waals surface area contributed by atoms with Crippen molar-refractivity contribution in [3.8, 4) is 0 Å². The van der Waals surface area contributed by atoms with Crippen LogP contribution in [0.2, 0.25) is 0 Å². The van der Waals surface area contributed by atoms with E-state index in [1.807, 2.05) is 13.8 Å². The fourth-order valence-electron chi connectivity index (χ4n) is 5.83. The van der Waals surface area contributed by atoms with Crippen molar-refractivity contribution >= 4 is 17.5 Å². The summed E-state index contributed by atoms with van der Waals surface area (Å²) >= 11 is 0. The zero-order valence-electron chi connectivity index (χ0n) is 22.7. The molecule has 1 aliphatic carbocycles. The Morgan fingerprint density at radius 2 is 2.02 bits per heavy atom. The summed E-state index contributed by atoms with van der Waals surface area (Å²) in [4.78, 5) is 30.2. The smallest absolute Gasteiger partial charge is 0.355 e. The second-order valence-electron chi connectivity index (χ2n) is 11.3. The Labute approximate surface area is 232 Å². The van der Waals surface area contributed by atoms with Gasteiger partial charge in [-0.25, -0.2) is 18.3 Å². The molecule has 14 heteroatoms. The third-order valence-electron chi connectivity index (χ3n) is 7.92. The highest BCUT2D eigenvalue weighted by atomic mass is 19.4. The molecule has 2 unspecified atom stereocenters. The van der Waals surface area contributed by atoms with Crippen LogP contribution < -0.4 is 10.6 Å². The summed E-state index contributed by atoms with van der Waals surface area (Å²) in [5, 5.41) is 13.9. The Bertz CT molecular complexity index is 1420. The Balaban J connectivity index is 1.41. The van der Waals surface area contributed by atoms with E-state index in [1.165, 1.54) is 16.9 Å². The Morgan fingerprint density at radius 3 is 2.73 bits per heavy atom. The molecule has 2 N–H and O–H groups in total. The minimum absolute atomic E-state index is 0.00390. The molecule has 1 aliphatic heterocycles. The van der Waals surface area contributed by atoms with Gasteiger partial charge in [-0.05, 0) is 57.2 Å². The maximum atomic E-state index is 14.5. The lowest BCUT2D eigenvalue weighted by atomic mass is 9.80. The van der Waals surface area contributed by atoms with Gasteiger partial charge in [-0.15, -0.1) is 0 Å². The molecule has 1 saturated heterocycles. The van der Waals surface area contributed by atoms with E-state index in [0.717, 1.165) is 0 Å². The van der Waals surface area contributed by atoms with Crippen LogP contribution in [0.25, 0.3) is 5.65 Å². The molecule has 1 saturated carbocycles. The molecule has 9 nitrogen and oxygen atoms in total. The third kappa shape index (κ3) is 6.35. The average molecular weight is 582 g/mol. The summed E-state index contributed by atoms with van der Waals surface area (Å²) in [5.74, 6) is -6.91. The zero-order valence-corrected chi connectivity index (χ0v) is 22.7. The van der Waals surface area contributed by atoms with E-state index in [9.17, 15) is 31.5 Å². The molecule has 5 rings (SSSR count). The van der Waals surface area contributed by atoms with Crippen molar-refractivity contribution in [2.24, 2.45) is 17.8 Å². The van der Waals surface area contributed by atoms with Crippen LogP contribution in [0.3, 0.4) is 0 Å². The molecule has 4 heterocycles. The molecule has 0 aromatic carbocycles. The first-order chi connectivity index (χ1) is 19.3. The fraction of sp³-hybridized carbons (Fsp3) is 0.593. The third-order valence-corrected chi connectivity index (χ3v) is 7.92. The fourth-order valence-corrected chi connectivity index (χ4v) is 5.83. The number of hydrogen-bond acceptors (Lipinski definition) is 5. The first-order valence-electron chi connectivity index (χ1n) is 13.7. The average Bonchev–Trinajstić information content (AvgIpc) is 3.54. The number of nitrogens with zero attached hydrogens (tertiary/aromatic N) is 5. The van der Waals surface area contributed by atoms with Crippen LogP contribution in [-0.4, -0.2) is 54.8 Å². The number of halogens is 5. The van der Waals surface area contributed by atoms with Gasteiger partial charge in [-0.1, -0.05) is 0 Å². The van der Waals surface area contributed by atoms with E-state index >= 15 is 0 Å². The van der Waals surface area contributed by atoms with Gasteiger partial charge < -0.3 is 10.6 Å². The van der Waals surface area contributed by atoms with Crippen LogP contribution in [0, 0.1) is 17.8 Å². The molecule has 222 valence electrons. The van der Waals surface area contributed by atoms with Crippen molar-refractivity contribution in [3.63, 3.8) is 0 Å². The summed E-state index contributed by atoms with van der Waals surface area (Å²) in [6, 6.07) is 3.81. The minimum atomic E-state index is -4.41. The van der Waals surface area contributed by atoms with Gasteiger partial charge in [-0.3, -0.25) is 14.3 Å². The first-order valence-corrected chi connectivity index (χ1v) is 13.7. The second-order valence-corrected chi connectivity index (χ2v) is 11.3. The van der Waals surface area contributed by atoms with Crippen LogP contribution in [0.1, 0.15) is 79.9 Å².